The molecule has 0 aromatic carbocycles. The van der Waals surface area contributed by atoms with Crippen LogP contribution in [0, 0.1) is 0 Å². The summed E-state index contributed by atoms with van der Waals surface area (Å²) in [6, 6.07) is 1.75. The highest BCUT2D eigenvalue weighted by atomic mass is 16.5. The second-order valence-corrected chi connectivity index (χ2v) is 8.72. The van der Waals surface area contributed by atoms with E-state index in [0.29, 0.717) is 24.8 Å². The lowest BCUT2D eigenvalue weighted by atomic mass is 9.94. The number of likely N-dealkylation sites (tertiary alicyclic amines) is 1. The number of nitrogens with zero attached hydrogens (tertiary/aromatic N) is 4. The van der Waals surface area contributed by atoms with Crippen LogP contribution < -0.4 is 10.1 Å². The van der Waals surface area contributed by atoms with E-state index in [2.05, 4.69) is 33.9 Å². The van der Waals surface area contributed by atoms with E-state index in [1.54, 1.807) is 19.4 Å². The Hall–Kier alpha value is -2.70. The molecule has 0 radical (unpaired) electrons. The van der Waals surface area contributed by atoms with Gasteiger partial charge in [-0.25, -0.2) is 9.98 Å². The molecule has 2 aliphatic rings. The molecule has 7 nitrogen and oxygen atoms in total. The third kappa shape index (κ3) is 4.89. The summed E-state index contributed by atoms with van der Waals surface area (Å²) < 4.78 is 5.21. The first-order chi connectivity index (χ1) is 14.3. The van der Waals surface area contributed by atoms with Gasteiger partial charge < -0.3 is 15.0 Å². The molecule has 1 saturated heterocycles. The number of hydrogen-bond acceptors (Lipinski definition) is 6. The smallest absolute Gasteiger partial charge is 0.254 e. The Morgan fingerprint density at radius 2 is 1.97 bits per heavy atom. The number of nitrogens with one attached hydrogen (secondary N) is 1. The highest BCUT2D eigenvalue weighted by Gasteiger charge is 2.38. The minimum atomic E-state index is 0.0569. The van der Waals surface area contributed by atoms with Gasteiger partial charge in [-0.1, -0.05) is 5.57 Å². The fourth-order valence-corrected chi connectivity index (χ4v) is 3.88. The minimum absolute atomic E-state index is 0.0569. The summed E-state index contributed by atoms with van der Waals surface area (Å²) in [4.78, 5) is 28.4. The van der Waals surface area contributed by atoms with Gasteiger partial charge in [0.2, 0.25) is 5.88 Å². The van der Waals surface area contributed by atoms with Gasteiger partial charge in [0.15, 0.2) is 0 Å². The molecule has 30 heavy (non-hydrogen) atoms. The molecule has 0 bridgehead atoms. The van der Waals surface area contributed by atoms with Crippen LogP contribution in [0.25, 0.3) is 0 Å². The molecule has 7 heteroatoms. The molecule has 1 aliphatic heterocycles. The van der Waals surface area contributed by atoms with Crippen molar-refractivity contribution in [3.05, 3.63) is 40.6 Å². The quantitative estimate of drug-likeness (QED) is 0.421. The van der Waals surface area contributed by atoms with Crippen LogP contribution in [-0.4, -0.2) is 53.2 Å². The van der Waals surface area contributed by atoms with Crippen molar-refractivity contribution in [2.24, 2.45) is 4.99 Å². The average Bonchev–Trinajstić information content (AvgIpc) is 3.48. The molecule has 0 unspecified atom stereocenters. The number of aromatic nitrogens is 2. The normalized spacial score (nSPS) is 18.9. The summed E-state index contributed by atoms with van der Waals surface area (Å²) >= 11 is 0. The van der Waals surface area contributed by atoms with Crippen molar-refractivity contribution in [2.45, 2.75) is 64.8 Å². The standard InChI is InChI=1S/C23H33N5O2/c1-15(2)19(16(3)20(24-5)27-23(4)10-11-23)22(29)28-13-8-17(9-14-28)21-25-12-7-18(26-21)30-6/h7,12,17,27H,5,8-11,13-14H2,1-4,6H3/b20-16-. The molecular weight excluding hydrogens is 378 g/mol. The number of hydrogen-bond donors (Lipinski definition) is 1. The molecule has 2 heterocycles. The van der Waals surface area contributed by atoms with Crippen LogP contribution in [-0.2, 0) is 4.79 Å². The SMILES string of the molecule is C=N/C(NC1(C)CC1)=C(\C)C(C(=O)N1CCC(c2nccc(OC)n2)CC1)=C(C)C. The number of carbonyl (C=O) groups excluding carboxylic acids is 1. The number of rotatable bonds is 7. The zero-order valence-electron chi connectivity index (χ0n) is 18.8. The van der Waals surface area contributed by atoms with Crippen molar-refractivity contribution in [3.8, 4) is 5.88 Å². The summed E-state index contributed by atoms with van der Waals surface area (Å²) in [6.45, 7) is 13.2. The molecular formula is C23H33N5O2. The van der Waals surface area contributed by atoms with Crippen molar-refractivity contribution in [1.82, 2.24) is 20.2 Å². The van der Waals surface area contributed by atoms with Gasteiger partial charge in [0, 0.05) is 48.0 Å². The second kappa shape index (κ2) is 8.98. The van der Waals surface area contributed by atoms with E-state index < -0.39 is 0 Å². The first-order valence-corrected chi connectivity index (χ1v) is 10.6. The predicted octanol–water partition coefficient (Wildman–Crippen LogP) is 3.60. The Bertz CT molecular complexity index is 873. The number of piperidine rings is 1. The van der Waals surface area contributed by atoms with Crippen molar-refractivity contribution in [1.29, 1.82) is 0 Å². The van der Waals surface area contributed by atoms with Gasteiger partial charge in [0.1, 0.15) is 11.6 Å². The molecule has 1 saturated carbocycles. The van der Waals surface area contributed by atoms with Crippen molar-refractivity contribution >= 4 is 12.6 Å². The highest BCUT2D eigenvalue weighted by Crippen LogP contribution is 2.36. The fraction of sp³-hybridized carbons (Fsp3) is 0.565. The van der Waals surface area contributed by atoms with E-state index >= 15 is 0 Å². The van der Waals surface area contributed by atoms with Gasteiger partial charge in [-0.05, 0) is 60.1 Å². The first kappa shape index (κ1) is 22.0. The lowest BCUT2D eigenvalue weighted by Gasteiger charge is -2.32. The molecule has 162 valence electrons. The van der Waals surface area contributed by atoms with Crippen LogP contribution >= 0.6 is 0 Å². The molecule has 1 N–H and O–H groups in total. The van der Waals surface area contributed by atoms with Crippen molar-refractivity contribution < 1.29 is 9.53 Å². The molecule has 2 fully saturated rings. The number of methoxy groups -OCH3 is 1. The summed E-state index contributed by atoms with van der Waals surface area (Å²) in [6.07, 6.45) is 5.61. The largest absolute Gasteiger partial charge is 0.481 e. The van der Waals surface area contributed by atoms with Gasteiger partial charge in [-0.2, -0.15) is 4.98 Å². The monoisotopic (exact) mass is 411 g/mol. The van der Waals surface area contributed by atoms with E-state index in [1.165, 1.54) is 0 Å². The Balaban J connectivity index is 1.73. The van der Waals surface area contributed by atoms with Gasteiger partial charge in [0.25, 0.3) is 5.91 Å². The number of allylic oxidation sites excluding steroid dienone is 1. The van der Waals surface area contributed by atoms with Crippen LogP contribution in [0.2, 0.25) is 0 Å². The number of ether oxygens (including phenoxy) is 1. The number of carbonyl (C=O) groups is 1. The van der Waals surface area contributed by atoms with Gasteiger partial charge in [-0.15, -0.1) is 0 Å². The van der Waals surface area contributed by atoms with Gasteiger partial charge in [-0.3, -0.25) is 4.79 Å². The summed E-state index contributed by atoms with van der Waals surface area (Å²) in [7, 11) is 1.61. The molecule has 1 amide bonds. The lowest BCUT2D eigenvalue weighted by molar-refractivity contribution is -0.128. The maximum absolute atomic E-state index is 13.4. The van der Waals surface area contributed by atoms with Crippen LogP contribution in [0.4, 0.5) is 0 Å². The molecule has 1 aromatic rings. The van der Waals surface area contributed by atoms with Crippen LogP contribution in [0.3, 0.4) is 0 Å². The number of aliphatic imine (C=N–C) groups is 1. The third-order valence-corrected chi connectivity index (χ3v) is 6.03. The Morgan fingerprint density at radius 3 is 2.50 bits per heavy atom. The van der Waals surface area contributed by atoms with Crippen LogP contribution in [0.1, 0.15) is 65.1 Å². The Kier molecular flexibility index (Phi) is 6.58. The first-order valence-electron chi connectivity index (χ1n) is 10.6. The van der Waals surface area contributed by atoms with E-state index in [0.717, 1.165) is 48.2 Å². The minimum Gasteiger partial charge on any atom is -0.481 e. The molecule has 3 rings (SSSR count). The lowest BCUT2D eigenvalue weighted by Crippen LogP contribution is -2.40. The molecule has 0 spiro atoms. The van der Waals surface area contributed by atoms with E-state index in [-0.39, 0.29) is 17.4 Å². The summed E-state index contributed by atoms with van der Waals surface area (Å²) in [5, 5.41) is 3.47. The summed E-state index contributed by atoms with van der Waals surface area (Å²) in [5.74, 6) is 2.37. The molecule has 1 aromatic heterocycles. The molecule has 0 atom stereocenters. The topological polar surface area (TPSA) is 79.7 Å². The van der Waals surface area contributed by atoms with Crippen molar-refractivity contribution in [2.75, 3.05) is 20.2 Å². The predicted molar refractivity (Wildman–Crippen MR) is 119 cm³/mol. The highest BCUT2D eigenvalue weighted by molar-refractivity contribution is 5.98. The zero-order valence-corrected chi connectivity index (χ0v) is 18.8. The van der Waals surface area contributed by atoms with Crippen LogP contribution in [0.15, 0.2) is 39.8 Å². The van der Waals surface area contributed by atoms with Gasteiger partial charge in [0.05, 0.1) is 7.11 Å². The third-order valence-electron chi connectivity index (χ3n) is 6.03. The van der Waals surface area contributed by atoms with E-state index in [9.17, 15) is 4.79 Å². The maximum Gasteiger partial charge on any atom is 0.254 e. The second-order valence-electron chi connectivity index (χ2n) is 8.72. The summed E-state index contributed by atoms with van der Waals surface area (Å²) in [5.41, 5.74) is 2.65. The Labute approximate surface area is 179 Å². The zero-order chi connectivity index (χ0) is 21.9. The number of amides is 1. The fourth-order valence-electron chi connectivity index (χ4n) is 3.88. The van der Waals surface area contributed by atoms with Gasteiger partial charge >= 0.3 is 0 Å². The van der Waals surface area contributed by atoms with Crippen molar-refractivity contribution in [3.63, 3.8) is 0 Å². The Morgan fingerprint density at radius 1 is 1.30 bits per heavy atom. The van der Waals surface area contributed by atoms with Crippen LogP contribution in [0.5, 0.6) is 5.88 Å². The molecule has 1 aliphatic carbocycles. The van der Waals surface area contributed by atoms with E-state index in [1.807, 2.05) is 25.7 Å². The average molecular weight is 412 g/mol. The van der Waals surface area contributed by atoms with E-state index in [4.69, 9.17) is 4.74 Å². The maximum atomic E-state index is 13.4.